The lowest BCUT2D eigenvalue weighted by atomic mass is 9.96. The molecule has 1 atom stereocenters. The number of esters is 1. The molecule has 116 valence electrons. The van der Waals surface area contributed by atoms with Crippen LogP contribution in [-0.2, 0) is 9.53 Å². The van der Waals surface area contributed by atoms with Gasteiger partial charge < -0.3 is 4.74 Å². The first-order valence-corrected chi connectivity index (χ1v) is 8.64. The first-order valence-electron chi connectivity index (χ1n) is 7.28. The van der Waals surface area contributed by atoms with E-state index in [1.807, 2.05) is 31.2 Å². The van der Waals surface area contributed by atoms with E-state index in [2.05, 4.69) is 5.32 Å². The summed E-state index contributed by atoms with van der Waals surface area (Å²) in [6, 6.07) is 8.33. The monoisotopic (exact) mass is 327 g/mol. The molecule has 0 amide bonds. The molecule has 21 heavy (non-hydrogen) atoms. The molecule has 0 spiro atoms. The van der Waals surface area contributed by atoms with Crippen LogP contribution in [0.3, 0.4) is 0 Å². The summed E-state index contributed by atoms with van der Waals surface area (Å²) in [6.45, 7) is 1.95. The third kappa shape index (κ3) is 5.20. The molecule has 2 rings (SSSR count). The van der Waals surface area contributed by atoms with E-state index in [1.165, 1.54) is 12.0 Å². The minimum atomic E-state index is -0.559. The zero-order valence-corrected chi connectivity index (χ0v) is 14.1. The van der Waals surface area contributed by atoms with Crippen molar-refractivity contribution in [1.29, 1.82) is 0 Å². The Hall–Kier alpha value is -0.710. The number of methoxy groups -OCH3 is 1. The largest absolute Gasteiger partial charge is 0.468 e. The van der Waals surface area contributed by atoms with Gasteiger partial charge in [-0.3, -0.25) is 10.1 Å². The fourth-order valence-corrected chi connectivity index (χ4v) is 3.26. The van der Waals surface area contributed by atoms with Crippen LogP contribution in [-0.4, -0.2) is 30.4 Å². The third-order valence-corrected chi connectivity index (χ3v) is 4.99. The van der Waals surface area contributed by atoms with Crippen LogP contribution in [0.25, 0.3) is 0 Å². The van der Waals surface area contributed by atoms with Gasteiger partial charge in [-0.05, 0) is 62.6 Å². The third-order valence-electron chi connectivity index (χ3n) is 3.64. The lowest BCUT2D eigenvalue weighted by molar-refractivity contribution is -0.148. The van der Waals surface area contributed by atoms with Gasteiger partial charge in [0.15, 0.2) is 0 Å². The van der Waals surface area contributed by atoms with Gasteiger partial charge in [-0.2, -0.15) is 0 Å². The average Bonchev–Trinajstić information content (AvgIpc) is 3.28. The predicted octanol–water partition coefficient (Wildman–Crippen LogP) is 3.90. The molecule has 1 unspecified atom stereocenters. The molecule has 0 saturated heterocycles. The maximum Gasteiger partial charge on any atom is 0.325 e. The lowest BCUT2D eigenvalue weighted by Crippen LogP contribution is -2.51. The summed E-state index contributed by atoms with van der Waals surface area (Å²) in [5.41, 5.74) is -0.559. The normalized spacial score (nSPS) is 17.3. The van der Waals surface area contributed by atoms with Gasteiger partial charge >= 0.3 is 5.97 Å². The highest BCUT2D eigenvalue weighted by Gasteiger charge is 2.38. The van der Waals surface area contributed by atoms with Crippen LogP contribution in [0.5, 0.6) is 0 Å². The Morgan fingerprint density at radius 2 is 2.10 bits per heavy atom. The van der Waals surface area contributed by atoms with Crippen LogP contribution in [0.1, 0.15) is 32.6 Å². The Labute approximate surface area is 135 Å². The highest BCUT2D eigenvalue weighted by Crippen LogP contribution is 2.27. The summed E-state index contributed by atoms with van der Waals surface area (Å²) in [5.74, 6) is 0.812. The fraction of sp³-hybridized carbons (Fsp3) is 0.562. The van der Waals surface area contributed by atoms with Crippen molar-refractivity contribution in [3.63, 3.8) is 0 Å². The van der Waals surface area contributed by atoms with Gasteiger partial charge in [0.1, 0.15) is 5.54 Å². The van der Waals surface area contributed by atoms with E-state index in [1.54, 1.807) is 11.8 Å². The minimum absolute atomic E-state index is 0.161. The molecule has 1 aromatic rings. The van der Waals surface area contributed by atoms with Crippen molar-refractivity contribution in [2.75, 3.05) is 12.9 Å². The topological polar surface area (TPSA) is 38.3 Å². The minimum Gasteiger partial charge on any atom is -0.468 e. The average molecular weight is 328 g/mol. The van der Waals surface area contributed by atoms with Crippen molar-refractivity contribution in [1.82, 2.24) is 5.32 Å². The Balaban J connectivity index is 1.78. The summed E-state index contributed by atoms with van der Waals surface area (Å²) < 4.78 is 4.95. The predicted molar refractivity (Wildman–Crippen MR) is 88.0 cm³/mol. The van der Waals surface area contributed by atoms with Gasteiger partial charge in [-0.25, -0.2) is 0 Å². The number of halogens is 1. The molecule has 0 aliphatic heterocycles. The van der Waals surface area contributed by atoms with Gasteiger partial charge in [0.2, 0.25) is 0 Å². The number of rotatable bonds is 8. The van der Waals surface area contributed by atoms with Gasteiger partial charge in [-0.15, -0.1) is 11.8 Å². The van der Waals surface area contributed by atoms with E-state index in [0.717, 1.165) is 36.5 Å². The smallest absolute Gasteiger partial charge is 0.325 e. The Bertz CT molecular complexity index is 476. The molecule has 0 heterocycles. The van der Waals surface area contributed by atoms with Crippen LogP contribution >= 0.6 is 23.4 Å². The van der Waals surface area contributed by atoms with Gasteiger partial charge in [0.25, 0.3) is 0 Å². The van der Waals surface area contributed by atoms with Gasteiger partial charge in [-0.1, -0.05) is 11.6 Å². The molecule has 1 aliphatic rings. The molecular formula is C16H22ClNO2S. The molecule has 0 aromatic heterocycles. The number of carbonyl (C=O) groups is 1. The van der Waals surface area contributed by atoms with E-state index < -0.39 is 5.54 Å². The molecule has 3 nitrogen and oxygen atoms in total. The zero-order valence-electron chi connectivity index (χ0n) is 12.5. The van der Waals surface area contributed by atoms with E-state index in [-0.39, 0.29) is 5.97 Å². The summed E-state index contributed by atoms with van der Waals surface area (Å²) in [5, 5.41) is 4.18. The van der Waals surface area contributed by atoms with Crippen LogP contribution in [0, 0.1) is 0 Å². The first-order chi connectivity index (χ1) is 10.0. The second-order valence-electron chi connectivity index (χ2n) is 5.65. The highest BCUT2D eigenvalue weighted by molar-refractivity contribution is 7.99. The SMILES string of the molecule is COC(=O)C(C)(CCCSc1ccc(Cl)cc1)NC1CC1. The van der Waals surface area contributed by atoms with Crippen molar-refractivity contribution in [3.05, 3.63) is 29.3 Å². The fourth-order valence-electron chi connectivity index (χ4n) is 2.28. The van der Waals surface area contributed by atoms with E-state index in [9.17, 15) is 4.79 Å². The van der Waals surface area contributed by atoms with E-state index in [0.29, 0.717) is 6.04 Å². The van der Waals surface area contributed by atoms with Crippen LogP contribution in [0.4, 0.5) is 0 Å². The van der Waals surface area contributed by atoms with Crippen molar-refractivity contribution in [2.45, 2.75) is 49.1 Å². The van der Waals surface area contributed by atoms with Crippen molar-refractivity contribution in [3.8, 4) is 0 Å². The van der Waals surface area contributed by atoms with Crippen molar-refractivity contribution < 1.29 is 9.53 Å². The maximum atomic E-state index is 12.0. The van der Waals surface area contributed by atoms with Gasteiger partial charge in [0, 0.05) is 16.0 Å². The van der Waals surface area contributed by atoms with Gasteiger partial charge in [0.05, 0.1) is 7.11 Å². The number of thioether (sulfide) groups is 1. The number of ether oxygens (including phenoxy) is 1. The molecule has 1 fully saturated rings. The summed E-state index contributed by atoms with van der Waals surface area (Å²) in [6.07, 6.45) is 4.06. The maximum absolute atomic E-state index is 12.0. The first kappa shape index (κ1) is 16.7. The second kappa shape index (κ2) is 7.52. The summed E-state index contributed by atoms with van der Waals surface area (Å²) in [7, 11) is 1.46. The van der Waals surface area contributed by atoms with Crippen LogP contribution in [0.2, 0.25) is 5.02 Å². The number of nitrogens with one attached hydrogen (secondary N) is 1. The van der Waals surface area contributed by atoms with Crippen molar-refractivity contribution in [2.24, 2.45) is 0 Å². The molecule has 1 aliphatic carbocycles. The number of carbonyl (C=O) groups excluding carboxylic acids is 1. The standard InChI is InChI=1S/C16H22ClNO2S/c1-16(15(19)20-2,18-13-6-7-13)10-3-11-21-14-8-4-12(17)5-9-14/h4-5,8-9,13,18H,3,6-7,10-11H2,1-2H3. The molecule has 1 saturated carbocycles. The van der Waals surface area contributed by atoms with Crippen LogP contribution in [0.15, 0.2) is 29.2 Å². The highest BCUT2D eigenvalue weighted by atomic mass is 35.5. The molecule has 0 radical (unpaired) electrons. The Kier molecular flexibility index (Phi) is 5.97. The number of hydrogen-bond donors (Lipinski definition) is 1. The Morgan fingerprint density at radius 1 is 1.43 bits per heavy atom. The number of hydrogen-bond acceptors (Lipinski definition) is 4. The molecule has 5 heteroatoms. The molecule has 1 N–H and O–H groups in total. The van der Waals surface area contributed by atoms with Crippen molar-refractivity contribution >= 4 is 29.3 Å². The Morgan fingerprint density at radius 3 is 2.67 bits per heavy atom. The zero-order chi connectivity index (χ0) is 15.3. The number of benzene rings is 1. The molecule has 0 bridgehead atoms. The summed E-state index contributed by atoms with van der Waals surface area (Å²) in [4.78, 5) is 13.2. The van der Waals surface area contributed by atoms with E-state index in [4.69, 9.17) is 16.3 Å². The quantitative estimate of drug-likeness (QED) is 0.446. The molecule has 1 aromatic carbocycles. The van der Waals surface area contributed by atoms with Crippen LogP contribution < -0.4 is 5.32 Å². The van der Waals surface area contributed by atoms with E-state index >= 15 is 0 Å². The summed E-state index contributed by atoms with van der Waals surface area (Å²) >= 11 is 7.65. The molecular weight excluding hydrogens is 306 g/mol. The lowest BCUT2D eigenvalue weighted by Gasteiger charge is -2.28. The second-order valence-corrected chi connectivity index (χ2v) is 7.25.